The molecule has 1 aromatic rings. The normalized spacial score (nSPS) is 20.5. The average Bonchev–Trinajstić information content (AvgIpc) is 2.89. The van der Waals surface area contributed by atoms with Crippen LogP contribution in [0.5, 0.6) is 5.75 Å². The van der Waals surface area contributed by atoms with Crippen molar-refractivity contribution in [2.45, 2.75) is 24.7 Å². The molecule has 1 N–H and O–H groups in total. The number of ether oxygens (including phenoxy) is 1. The van der Waals surface area contributed by atoms with E-state index in [0.29, 0.717) is 6.61 Å². The molecule has 3 nitrogen and oxygen atoms in total. The van der Waals surface area contributed by atoms with Gasteiger partial charge in [0.05, 0.1) is 12.0 Å². The number of aliphatic carboxylic acids is 1. The van der Waals surface area contributed by atoms with Gasteiger partial charge in [0.25, 0.3) is 0 Å². The molecule has 1 aliphatic carbocycles. The van der Waals surface area contributed by atoms with Gasteiger partial charge < -0.3 is 9.84 Å². The van der Waals surface area contributed by atoms with Gasteiger partial charge in [0.2, 0.25) is 0 Å². The highest BCUT2D eigenvalue weighted by atomic mass is 16.5. The largest absolute Gasteiger partial charge is 0.493 e. The molecule has 0 amide bonds. The Hall–Kier alpha value is -1.51. The van der Waals surface area contributed by atoms with Crippen LogP contribution in [0.25, 0.3) is 0 Å². The van der Waals surface area contributed by atoms with E-state index in [0.717, 1.165) is 36.1 Å². The van der Waals surface area contributed by atoms with Crippen molar-refractivity contribution >= 4 is 5.97 Å². The summed E-state index contributed by atoms with van der Waals surface area (Å²) in [7, 11) is 0. The van der Waals surface area contributed by atoms with Crippen molar-refractivity contribution in [1.29, 1.82) is 0 Å². The molecule has 1 saturated carbocycles. The monoisotopic (exact) mass is 204 g/mol. The third-order valence-corrected chi connectivity index (χ3v) is 3.42. The standard InChI is InChI=1S/C12H12O3/c13-11(14)12(5-6-12)9-2-1-3-10-8(9)4-7-15-10/h1-3H,4-7H2,(H,13,14). The lowest BCUT2D eigenvalue weighted by atomic mass is 9.90. The summed E-state index contributed by atoms with van der Waals surface area (Å²) in [6, 6.07) is 5.75. The molecule has 2 aliphatic rings. The molecule has 0 spiro atoms. The third kappa shape index (κ3) is 1.09. The number of carboxylic acids is 1. The van der Waals surface area contributed by atoms with Crippen LogP contribution < -0.4 is 4.74 Å². The lowest BCUT2D eigenvalue weighted by molar-refractivity contribution is -0.140. The first kappa shape index (κ1) is 8.77. The maximum absolute atomic E-state index is 11.2. The van der Waals surface area contributed by atoms with Crippen LogP contribution in [0.2, 0.25) is 0 Å². The zero-order chi connectivity index (χ0) is 10.5. The fraction of sp³-hybridized carbons (Fsp3) is 0.417. The van der Waals surface area contributed by atoms with Crippen LogP contribution in [0.15, 0.2) is 18.2 Å². The fourth-order valence-electron chi connectivity index (χ4n) is 2.39. The first-order chi connectivity index (χ1) is 7.24. The van der Waals surface area contributed by atoms with Crippen LogP contribution in [-0.4, -0.2) is 17.7 Å². The fourth-order valence-corrected chi connectivity index (χ4v) is 2.39. The Balaban J connectivity index is 2.13. The van der Waals surface area contributed by atoms with Crippen molar-refractivity contribution in [1.82, 2.24) is 0 Å². The van der Waals surface area contributed by atoms with Crippen molar-refractivity contribution in [2.24, 2.45) is 0 Å². The molecule has 1 aliphatic heterocycles. The average molecular weight is 204 g/mol. The molecular formula is C12H12O3. The van der Waals surface area contributed by atoms with E-state index in [1.54, 1.807) is 0 Å². The van der Waals surface area contributed by atoms with Crippen LogP contribution in [0, 0.1) is 0 Å². The number of hydrogen-bond donors (Lipinski definition) is 1. The second-order valence-corrected chi connectivity index (χ2v) is 4.27. The molecule has 0 aromatic heterocycles. The molecule has 0 unspecified atom stereocenters. The molecule has 1 fully saturated rings. The van der Waals surface area contributed by atoms with Gasteiger partial charge in [-0.1, -0.05) is 12.1 Å². The van der Waals surface area contributed by atoms with Gasteiger partial charge >= 0.3 is 5.97 Å². The van der Waals surface area contributed by atoms with E-state index in [-0.39, 0.29) is 0 Å². The zero-order valence-corrected chi connectivity index (χ0v) is 8.32. The molecule has 0 radical (unpaired) electrons. The van der Waals surface area contributed by atoms with Gasteiger partial charge in [-0.05, 0) is 24.5 Å². The van der Waals surface area contributed by atoms with Gasteiger partial charge in [-0.25, -0.2) is 0 Å². The van der Waals surface area contributed by atoms with Crippen LogP contribution >= 0.6 is 0 Å². The number of benzene rings is 1. The molecule has 1 aromatic carbocycles. The quantitative estimate of drug-likeness (QED) is 0.798. The minimum atomic E-state index is -0.692. The van der Waals surface area contributed by atoms with Gasteiger partial charge in [0.1, 0.15) is 5.75 Å². The van der Waals surface area contributed by atoms with Crippen LogP contribution in [0.4, 0.5) is 0 Å². The lowest BCUT2D eigenvalue weighted by Crippen LogP contribution is -2.20. The van der Waals surface area contributed by atoms with Gasteiger partial charge in [-0.15, -0.1) is 0 Å². The van der Waals surface area contributed by atoms with E-state index >= 15 is 0 Å². The Morgan fingerprint density at radius 1 is 1.40 bits per heavy atom. The van der Waals surface area contributed by atoms with Gasteiger partial charge in [-0.2, -0.15) is 0 Å². The highest BCUT2D eigenvalue weighted by Gasteiger charge is 2.53. The smallest absolute Gasteiger partial charge is 0.314 e. The predicted octanol–water partition coefficient (Wildman–Crippen LogP) is 1.74. The summed E-state index contributed by atoms with van der Waals surface area (Å²) in [5.41, 5.74) is 1.49. The summed E-state index contributed by atoms with van der Waals surface area (Å²) in [6.07, 6.45) is 2.37. The summed E-state index contributed by atoms with van der Waals surface area (Å²) < 4.78 is 5.45. The number of carboxylic acid groups (broad SMARTS) is 1. The predicted molar refractivity (Wildman–Crippen MR) is 54.2 cm³/mol. The Morgan fingerprint density at radius 3 is 2.87 bits per heavy atom. The second kappa shape index (κ2) is 2.75. The Kier molecular flexibility index (Phi) is 1.61. The number of fused-ring (bicyclic) bond motifs is 1. The summed E-state index contributed by atoms with van der Waals surface area (Å²) in [6.45, 7) is 0.683. The Labute approximate surface area is 87.7 Å². The van der Waals surface area contributed by atoms with E-state index in [1.807, 2.05) is 18.2 Å². The zero-order valence-electron chi connectivity index (χ0n) is 8.32. The van der Waals surface area contributed by atoms with Crippen molar-refractivity contribution in [3.63, 3.8) is 0 Å². The molecule has 0 bridgehead atoms. The molecule has 15 heavy (non-hydrogen) atoms. The van der Waals surface area contributed by atoms with E-state index in [4.69, 9.17) is 4.74 Å². The van der Waals surface area contributed by atoms with Crippen LogP contribution in [0.1, 0.15) is 24.0 Å². The first-order valence-electron chi connectivity index (χ1n) is 5.23. The number of carbonyl (C=O) groups is 1. The maximum atomic E-state index is 11.2. The van der Waals surface area contributed by atoms with Gasteiger partial charge in [0, 0.05) is 12.0 Å². The second-order valence-electron chi connectivity index (χ2n) is 4.27. The van der Waals surface area contributed by atoms with Crippen LogP contribution in [-0.2, 0) is 16.6 Å². The summed E-state index contributed by atoms with van der Waals surface area (Å²) in [5.74, 6) is 0.183. The molecule has 3 rings (SSSR count). The summed E-state index contributed by atoms with van der Waals surface area (Å²) in [5, 5.41) is 9.25. The third-order valence-electron chi connectivity index (χ3n) is 3.42. The molecule has 0 saturated heterocycles. The Morgan fingerprint density at radius 2 is 2.20 bits per heavy atom. The Bertz CT molecular complexity index is 432. The molecular weight excluding hydrogens is 192 g/mol. The van der Waals surface area contributed by atoms with Crippen LogP contribution in [0.3, 0.4) is 0 Å². The maximum Gasteiger partial charge on any atom is 0.314 e. The van der Waals surface area contributed by atoms with Gasteiger partial charge in [-0.3, -0.25) is 4.79 Å². The van der Waals surface area contributed by atoms with Gasteiger partial charge in [0.15, 0.2) is 0 Å². The minimum absolute atomic E-state index is 0.598. The van der Waals surface area contributed by atoms with E-state index in [9.17, 15) is 9.90 Å². The van der Waals surface area contributed by atoms with E-state index in [2.05, 4.69) is 0 Å². The number of rotatable bonds is 2. The van der Waals surface area contributed by atoms with Crippen molar-refractivity contribution < 1.29 is 14.6 Å². The van der Waals surface area contributed by atoms with Crippen molar-refractivity contribution in [3.05, 3.63) is 29.3 Å². The van der Waals surface area contributed by atoms with Crippen molar-refractivity contribution in [3.8, 4) is 5.75 Å². The van der Waals surface area contributed by atoms with E-state index < -0.39 is 11.4 Å². The molecule has 78 valence electrons. The SMILES string of the molecule is O=C(O)C1(c2cccc3c2CCO3)CC1. The number of hydrogen-bond acceptors (Lipinski definition) is 2. The highest BCUT2D eigenvalue weighted by Crippen LogP contribution is 2.51. The van der Waals surface area contributed by atoms with E-state index in [1.165, 1.54) is 0 Å². The molecule has 3 heteroatoms. The lowest BCUT2D eigenvalue weighted by Gasteiger charge is -2.13. The summed E-state index contributed by atoms with van der Waals surface area (Å²) >= 11 is 0. The van der Waals surface area contributed by atoms with Crippen molar-refractivity contribution in [2.75, 3.05) is 6.61 Å². The first-order valence-corrected chi connectivity index (χ1v) is 5.23. The summed E-state index contributed by atoms with van der Waals surface area (Å²) in [4.78, 5) is 11.2. The highest BCUT2D eigenvalue weighted by molar-refractivity contribution is 5.85. The molecule has 1 heterocycles. The molecule has 0 atom stereocenters. The topological polar surface area (TPSA) is 46.5 Å². The minimum Gasteiger partial charge on any atom is -0.493 e.